The van der Waals surface area contributed by atoms with Crippen molar-refractivity contribution in [3.8, 4) is 0 Å². The summed E-state index contributed by atoms with van der Waals surface area (Å²) in [6.45, 7) is 9.07. The second-order valence-electron chi connectivity index (χ2n) is 6.45. The lowest BCUT2D eigenvalue weighted by Crippen LogP contribution is -2.59. The second-order valence-corrected chi connectivity index (χ2v) is 6.45. The highest BCUT2D eigenvalue weighted by Crippen LogP contribution is 2.45. The molecule has 2 bridgehead atoms. The Morgan fingerprint density at radius 2 is 1.88 bits per heavy atom. The van der Waals surface area contributed by atoms with Crippen molar-refractivity contribution in [2.45, 2.75) is 46.1 Å². The molecule has 92 valence electrons. The van der Waals surface area contributed by atoms with Crippen LogP contribution in [0.5, 0.6) is 0 Å². The highest BCUT2D eigenvalue weighted by Gasteiger charge is 2.47. The molecular formula is C13H23NO2. The first-order valence-electron chi connectivity index (χ1n) is 6.35. The molecule has 3 saturated heterocycles. The van der Waals surface area contributed by atoms with Crippen LogP contribution < -0.4 is 0 Å². The molecular weight excluding hydrogens is 202 g/mol. The maximum absolute atomic E-state index is 11.0. The summed E-state index contributed by atoms with van der Waals surface area (Å²) in [4.78, 5) is 13.5. The van der Waals surface area contributed by atoms with Crippen LogP contribution in [0.1, 0.15) is 40.0 Å². The van der Waals surface area contributed by atoms with E-state index >= 15 is 0 Å². The summed E-state index contributed by atoms with van der Waals surface area (Å²) in [6, 6.07) is 0.455. The van der Waals surface area contributed by atoms with Gasteiger partial charge < -0.3 is 5.11 Å². The third-order valence-corrected chi connectivity index (χ3v) is 4.28. The van der Waals surface area contributed by atoms with Gasteiger partial charge in [0, 0.05) is 12.5 Å². The molecule has 3 fully saturated rings. The van der Waals surface area contributed by atoms with E-state index in [4.69, 9.17) is 5.11 Å². The number of piperidine rings is 3. The van der Waals surface area contributed by atoms with Crippen molar-refractivity contribution in [1.82, 2.24) is 4.90 Å². The summed E-state index contributed by atoms with van der Waals surface area (Å²) in [5.41, 5.74) is 0.194. The Morgan fingerprint density at radius 1 is 1.31 bits per heavy atom. The first kappa shape index (κ1) is 11.9. The van der Waals surface area contributed by atoms with E-state index in [2.05, 4.69) is 25.7 Å². The van der Waals surface area contributed by atoms with Gasteiger partial charge in [0.05, 0.1) is 0 Å². The van der Waals surface area contributed by atoms with Crippen molar-refractivity contribution in [2.24, 2.45) is 17.3 Å². The summed E-state index contributed by atoms with van der Waals surface area (Å²) in [5.74, 6) is 0.373. The van der Waals surface area contributed by atoms with Crippen LogP contribution in [0.3, 0.4) is 0 Å². The van der Waals surface area contributed by atoms with Crippen LogP contribution in [0.25, 0.3) is 0 Å². The zero-order valence-electron chi connectivity index (χ0n) is 10.6. The van der Waals surface area contributed by atoms with Crippen molar-refractivity contribution >= 4 is 5.97 Å². The Bertz CT molecular complexity index is 274. The summed E-state index contributed by atoms with van der Waals surface area (Å²) in [7, 11) is 0. The van der Waals surface area contributed by atoms with E-state index in [0.717, 1.165) is 0 Å². The Kier molecular flexibility index (Phi) is 2.99. The van der Waals surface area contributed by atoms with E-state index in [-0.39, 0.29) is 5.41 Å². The van der Waals surface area contributed by atoms with Gasteiger partial charge in [0.1, 0.15) is 0 Å². The first-order chi connectivity index (χ1) is 7.39. The molecule has 0 aromatic heterocycles. The van der Waals surface area contributed by atoms with Crippen LogP contribution in [0.4, 0.5) is 0 Å². The number of fused-ring (bicyclic) bond motifs is 3. The maximum atomic E-state index is 11.0. The lowest BCUT2D eigenvalue weighted by Gasteiger charge is -2.55. The van der Waals surface area contributed by atoms with E-state index in [1.54, 1.807) is 0 Å². The van der Waals surface area contributed by atoms with Gasteiger partial charge in [0.2, 0.25) is 0 Å². The summed E-state index contributed by atoms with van der Waals surface area (Å²) >= 11 is 0. The number of nitrogens with zero attached hydrogens (tertiary/aromatic N) is 1. The molecule has 0 radical (unpaired) electrons. The van der Waals surface area contributed by atoms with Gasteiger partial charge in [0.25, 0.3) is 0 Å². The second kappa shape index (κ2) is 4.02. The van der Waals surface area contributed by atoms with Gasteiger partial charge in [-0.3, -0.25) is 9.69 Å². The van der Waals surface area contributed by atoms with Gasteiger partial charge >= 0.3 is 5.97 Å². The number of carboxylic acid groups (broad SMARTS) is 1. The third kappa shape index (κ3) is 2.10. The van der Waals surface area contributed by atoms with Gasteiger partial charge in [-0.1, -0.05) is 20.8 Å². The number of carboxylic acids is 1. The van der Waals surface area contributed by atoms with Crippen molar-refractivity contribution in [1.29, 1.82) is 0 Å². The van der Waals surface area contributed by atoms with Crippen molar-refractivity contribution in [2.75, 3.05) is 13.1 Å². The molecule has 3 aliphatic heterocycles. The normalized spacial score (nSPS) is 38.7. The fraction of sp³-hybridized carbons (Fsp3) is 0.923. The maximum Gasteiger partial charge on any atom is 0.303 e. The fourth-order valence-electron chi connectivity index (χ4n) is 3.82. The molecule has 2 atom stereocenters. The molecule has 3 nitrogen and oxygen atoms in total. The zero-order valence-corrected chi connectivity index (χ0v) is 10.6. The Hall–Kier alpha value is -0.570. The first-order valence-corrected chi connectivity index (χ1v) is 6.35. The van der Waals surface area contributed by atoms with Crippen LogP contribution >= 0.6 is 0 Å². The lowest BCUT2D eigenvalue weighted by molar-refractivity contribution is -0.143. The van der Waals surface area contributed by atoms with Gasteiger partial charge in [-0.15, -0.1) is 0 Å². The zero-order chi connectivity index (χ0) is 11.9. The Balaban J connectivity index is 2.20. The predicted octanol–water partition coefficient (Wildman–Crippen LogP) is 2.22. The van der Waals surface area contributed by atoms with E-state index < -0.39 is 5.97 Å². The van der Waals surface area contributed by atoms with Crippen LogP contribution in [-0.2, 0) is 4.79 Å². The van der Waals surface area contributed by atoms with E-state index in [0.29, 0.717) is 24.3 Å². The van der Waals surface area contributed by atoms with Crippen LogP contribution in [-0.4, -0.2) is 35.1 Å². The molecule has 2 unspecified atom stereocenters. The minimum Gasteiger partial charge on any atom is -0.481 e. The average Bonchev–Trinajstić information content (AvgIpc) is 2.16. The van der Waals surface area contributed by atoms with Gasteiger partial charge in [0.15, 0.2) is 0 Å². The molecule has 1 N–H and O–H groups in total. The highest BCUT2D eigenvalue weighted by molar-refractivity contribution is 5.67. The molecule has 0 aromatic rings. The standard InChI is InChI=1S/C13H23NO2/c1-13(2,3)12-10(8-11(15)16)9-4-6-14(12)7-5-9/h9-10,12H,4-8H2,1-3H3,(H,15,16). The van der Waals surface area contributed by atoms with Gasteiger partial charge in [-0.05, 0) is 43.2 Å². The number of rotatable bonds is 2. The number of hydrogen-bond donors (Lipinski definition) is 1. The molecule has 0 aromatic carbocycles. The molecule has 3 heteroatoms. The summed E-state index contributed by atoms with van der Waals surface area (Å²) in [5, 5.41) is 9.06. The smallest absolute Gasteiger partial charge is 0.303 e. The number of carbonyl (C=O) groups is 1. The molecule has 16 heavy (non-hydrogen) atoms. The molecule has 0 aliphatic carbocycles. The number of hydrogen-bond acceptors (Lipinski definition) is 2. The van der Waals surface area contributed by atoms with Crippen LogP contribution in [0.15, 0.2) is 0 Å². The lowest BCUT2D eigenvalue weighted by atomic mass is 9.65. The van der Waals surface area contributed by atoms with E-state index in [1.165, 1.54) is 25.9 Å². The van der Waals surface area contributed by atoms with E-state index in [1.807, 2.05) is 0 Å². The Morgan fingerprint density at radius 3 is 2.31 bits per heavy atom. The van der Waals surface area contributed by atoms with Crippen molar-refractivity contribution in [3.05, 3.63) is 0 Å². The van der Waals surface area contributed by atoms with Crippen molar-refractivity contribution < 1.29 is 9.90 Å². The number of aliphatic carboxylic acids is 1. The molecule has 0 spiro atoms. The minimum atomic E-state index is -0.631. The topological polar surface area (TPSA) is 40.5 Å². The third-order valence-electron chi connectivity index (χ3n) is 4.28. The van der Waals surface area contributed by atoms with Crippen LogP contribution in [0, 0.1) is 17.3 Å². The quantitative estimate of drug-likeness (QED) is 0.783. The monoisotopic (exact) mass is 225 g/mol. The Labute approximate surface area is 97.8 Å². The molecule has 3 rings (SSSR count). The molecule has 3 heterocycles. The van der Waals surface area contributed by atoms with E-state index in [9.17, 15) is 4.79 Å². The largest absolute Gasteiger partial charge is 0.481 e. The summed E-state index contributed by atoms with van der Waals surface area (Å²) < 4.78 is 0. The minimum absolute atomic E-state index is 0.194. The molecule has 3 aliphatic rings. The summed E-state index contributed by atoms with van der Waals surface area (Å²) in [6.07, 6.45) is 2.75. The predicted molar refractivity (Wildman–Crippen MR) is 63.3 cm³/mol. The fourth-order valence-corrected chi connectivity index (χ4v) is 3.82. The molecule has 0 amide bonds. The van der Waals surface area contributed by atoms with Crippen molar-refractivity contribution in [3.63, 3.8) is 0 Å². The SMILES string of the molecule is CC(C)(C)C1C(CC(=O)O)C2CCN1CC2. The highest BCUT2D eigenvalue weighted by atomic mass is 16.4. The molecule has 0 saturated carbocycles. The van der Waals surface area contributed by atoms with Gasteiger partial charge in [-0.25, -0.2) is 0 Å². The van der Waals surface area contributed by atoms with Gasteiger partial charge in [-0.2, -0.15) is 0 Å². The van der Waals surface area contributed by atoms with Crippen LogP contribution in [0.2, 0.25) is 0 Å². The average molecular weight is 225 g/mol.